The fourth-order valence-electron chi connectivity index (χ4n) is 0.679. The Morgan fingerprint density at radius 3 is 2.55 bits per heavy atom. The second kappa shape index (κ2) is 7.58. The SMILES string of the molecule is CCCCO/C(C)=N\CCC. The minimum atomic E-state index is 0.815. The zero-order valence-electron chi connectivity index (χ0n) is 7.89. The largest absolute Gasteiger partial charge is 0.481 e. The van der Waals surface area contributed by atoms with E-state index in [0.29, 0.717) is 0 Å². The molecule has 0 aliphatic rings. The monoisotopic (exact) mass is 157 g/mol. The summed E-state index contributed by atoms with van der Waals surface area (Å²) in [5, 5.41) is 0. The Morgan fingerprint density at radius 1 is 1.27 bits per heavy atom. The van der Waals surface area contributed by atoms with Gasteiger partial charge >= 0.3 is 0 Å². The second-order valence-corrected chi connectivity index (χ2v) is 2.60. The van der Waals surface area contributed by atoms with Crippen LogP contribution in [0.25, 0.3) is 0 Å². The van der Waals surface area contributed by atoms with Gasteiger partial charge in [0.1, 0.15) is 0 Å². The van der Waals surface area contributed by atoms with Crippen molar-refractivity contribution in [1.29, 1.82) is 0 Å². The fourth-order valence-corrected chi connectivity index (χ4v) is 0.679. The first kappa shape index (κ1) is 10.5. The van der Waals surface area contributed by atoms with Crippen molar-refractivity contribution >= 4 is 5.90 Å². The van der Waals surface area contributed by atoms with Gasteiger partial charge in [-0.1, -0.05) is 20.3 Å². The molecule has 0 atom stereocenters. The summed E-state index contributed by atoms with van der Waals surface area (Å²) < 4.78 is 5.33. The summed E-state index contributed by atoms with van der Waals surface area (Å²) in [6, 6.07) is 0. The minimum absolute atomic E-state index is 0.815. The highest BCUT2D eigenvalue weighted by Crippen LogP contribution is 1.90. The first-order valence-electron chi connectivity index (χ1n) is 4.45. The average molecular weight is 157 g/mol. The third-order valence-electron chi connectivity index (χ3n) is 1.37. The number of unbranched alkanes of at least 4 members (excludes halogenated alkanes) is 1. The molecule has 0 spiro atoms. The van der Waals surface area contributed by atoms with E-state index in [9.17, 15) is 0 Å². The molecule has 0 radical (unpaired) electrons. The molecule has 0 amide bonds. The van der Waals surface area contributed by atoms with Gasteiger partial charge in [-0.3, -0.25) is 4.99 Å². The van der Waals surface area contributed by atoms with Gasteiger partial charge in [0.25, 0.3) is 0 Å². The number of aliphatic imine (C=N–C) groups is 1. The molecule has 11 heavy (non-hydrogen) atoms. The lowest BCUT2D eigenvalue weighted by Crippen LogP contribution is -2.01. The van der Waals surface area contributed by atoms with E-state index in [0.717, 1.165) is 31.9 Å². The van der Waals surface area contributed by atoms with Crippen LogP contribution in [0.15, 0.2) is 4.99 Å². The molecule has 0 aromatic heterocycles. The van der Waals surface area contributed by atoms with Crippen LogP contribution in [0.3, 0.4) is 0 Å². The molecule has 2 heteroatoms. The molecule has 0 rings (SSSR count). The van der Waals surface area contributed by atoms with E-state index >= 15 is 0 Å². The molecular formula is C9H19NO. The molecule has 0 heterocycles. The van der Waals surface area contributed by atoms with Crippen LogP contribution >= 0.6 is 0 Å². The number of nitrogens with zero attached hydrogens (tertiary/aromatic N) is 1. The minimum Gasteiger partial charge on any atom is -0.481 e. The molecule has 0 bridgehead atoms. The Balaban J connectivity index is 3.27. The van der Waals surface area contributed by atoms with Crippen molar-refractivity contribution in [2.75, 3.05) is 13.2 Å². The lowest BCUT2D eigenvalue weighted by Gasteiger charge is -2.02. The van der Waals surface area contributed by atoms with Gasteiger partial charge in [0.15, 0.2) is 5.90 Å². The Labute approximate surface area is 69.7 Å². The summed E-state index contributed by atoms with van der Waals surface area (Å²) in [6.45, 7) is 7.89. The topological polar surface area (TPSA) is 21.6 Å². The van der Waals surface area contributed by atoms with Gasteiger partial charge in [-0.15, -0.1) is 0 Å². The molecule has 0 aliphatic heterocycles. The molecule has 0 aliphatic carbocycles. The van der Waals surface area contributed by atoms with E-state index in [-0.39, 0.29) is 0 Å². The maximum Gasteiger partial charge on any atom is 0.179 e. The molecular weight excluding hydrogens is 138 g/mol. The molecule has 0 N–H and O–H groups in total. The molecule has 66 valence electrons. The smallest absolute Gasteiger partial charge is 0.179 e. The van der Waals surface area contributed by atoms with Crippen LogP contribution in [0, 0.1) is 0 Å². The Kier molecular flexibility index (Phi) is 7.21. The van der Waals surface area contributed by atoms with Crippen molar-refractivity contribution in [3.05, 3.63) is 0 Å². The van der Waals surface area contributed by atoms with E-state index in [1.165, 1.54) is 6.42 Å². The summed E-state index contributed by atoms with van der Waals surface area (Å²) in [4.78, 5) is 4.21. The van der Waals surface area contributed by atoms with Gasteiger partial charge in [-0.25, -0.2) is 0 Å². The van der Waals surface area contributed by atoms with Crippen molar-refractivity contribution in [3.8, 4) is 0 Å². The highest BCUT2D eigenvalue weighted by molar-refractivity contribution is 5.72. The molecule has 2 nitrogen and oxygen atoms in total. The van der Waals surface area contributed by atoms with Crippen molar-refractivity contribution in [2.24, 2.45) is 4.99 Å². The highest BCUT2D eigenvalue weighted by Gasteiger charge is 1.89. The van der Waals surface area contributed by atoms with Crippen LogP contribution in [0.1, 0.15) is 40.0 Å². The maximum atomic E-state index is 5.33. The Hall–Kier alpha value is -0.530. The zero-order chi connectivity index (χ0) is 8.53. The lowest BCUT2D eigenvalue weighted by atomic mass is 10.4. The van der Waals surface area contributed by atoms with E-state index in [1.54, 1.807) is 0 Å². The van der Waals surface area contributed by atoms with E-state index in [2.05, 4.69) is 18.8 Å². The van der Waals surface area contributed by atoms with Crippen LogP contribution in [-0.2, 0) is 4.74 Å². The predicted octanol–water partition coefficient (Wildman–Crippen LogP) is 2.63. The van der Waals surface area contributed by atoms with Crippen molar-refractivity contribution in [1.82, 2.24) is 0 Å². The molecule has 0 aromatic rings. The van der Waals surface area contributed by atoms with Crippen LogP contribution in [0.5, 0.6) is 0 Å². The summed E-state index contributed by atoms with van der Waals surface area (Å²) in [7, 11) is 0. The summed E-state index contributed by atoms with van der Waals surface area (Å²) in [5.74, 6) is 0.834. The lowest BCUT2D eigenvalue weighted by molar-refractivity contribution is 0.293. The number of rotatable bonds is 5. The van der Waals surface area contributed by atoms with Crippen molar-refractivity contribution < 1.29 is 4.74 Å². The van der Waals surface area contributed by atoms with E-state index < -0.39 is 0 Å². The van der Waals surface area contributed by atoms with Gasteiger partial charge in [0, 0.05) is 13.5 Å². The average Bonchev–Trinajstić information content (AvgIpc) is 2.01. The van der Waals surface area contributed by atoms with Crippen LogP contribution < -0.4 is 0 Å². The molecule has 0 saturated carbocycles. The Morgan fingerprint density at radius 2 is 2.00 bits per heavy atom. The number of ether oxygens (including phenoxy) is 1. The van der Waals surface area contributed by atoms with Gasteiger partial charge < -0.3 is 4.74 Å². The van der Waals surface area contributed by atoms with Gasteiger partial charge in [0.2, 0.25) is 0 Å². The molecule has 0 unspecified atom stereocenters. The molecule has 0 saturated heterocycles. The molecule has 0 fully saturated rings. The standard InChI is InChI=1S/C9H19NO/c1-4-6-8-11-9(3)10-7-5-2/h4-8H2,1-3H3/b10-9-. The van der Waals surface area contributed by atoms with Crippen LogP contribution in [0.4, 0.5) is 0 Å². The number of hydrogen-bond donors (Lipinski definition) is 0. The van der Waals surface area contributed by atoms with Gasteiger partial charge in [-0.05, 0) is 12.8 Å². The summed E-state index contributed by atoms with van der Waals surface area (Å²) >= 11 is 0. The first-order valence-corrected chi connectivity index (χ1v) is 4.45. The van der Waals surface area contributed by atoms with Crippen LogP contribution in [-0.4, -0.2) is 19.0 Å². The van der Waals surface area contributed by atoms with Crippen LogP contribution in [0.2, 0.25) is 0 Å². The van der Waals surface area contributed by atoms with E-state index in [4.69, 9.17) is 4.74 Å². The summed E-state index contributed by atoms with van der Waals surface area (Å²) in [5.41, 5.74) is 0. The first-order chi connectivity index (χ1) is 5.31. The second-order valence-electron chi connectivity index (χ2n) is 2.60. The number of hydrogen-bond acceptors (Lipinski definition) is 2. The Bertz CT molecular complexity index is 110. The van der Waals surface area contributed by atoms with Gasteiger partial charge in [0.05, 0.1) is 6.61 Å². The third-order valence-corrected chi connectivity index (χ3v) is 1.37. The third kappa shape index (κ3) is 7.37. The van der Waals surface area contributed by atoms with Crippen molar-refractivity contribution in [2.45, 2.75) is 40.0 Å². The summed E-state index contributed by atoms with van der Waals surface area (Å²) in [6.07, 6.45) is 3.40. The fraction of sp³-hybridized carbons (Fsp3) is 0.889. The predicted molar refractivity (Wildman–Crippen MR) is 49.1 cm³/mol. The normalized spacial score (nSPS) is 11.7. The zero-order valence-corrected chi connectivity index (χ0v) is 7.89. The van der Waals surface area contributed by atoms with E-state index in [1.807, 2.05) is 6.92 Å². The highest BCUT2D eigenvalue weighted by atomic mass is 16.5. The van der Waals surface area contributed by atoms with Crippen molar-refractivity contribution in [3.63, 3.8) is 0 Å². The maximum absolute atomic E-state index is 5.33. The quantitative estimate of drug-likeness (QED) is 0.341. The van der Waals surface area contributed by atoms with Gasteiger partial charge in [-0.2, -0.15) is 0 Å². The molecule has 0 aromatic carbocycles.